The van der Waals surface area contributed by atoms with E-state index in [9.17, 15) is 23.5 Å². The minimum Gasteiger partial charge on any atom is -0.478 e. The van der Waals surface area contributed by atoms with Gasteiger partial charge < -0.3 is 15.2 Å². The Bertz CT molecular complexity index is 869. The van der Waals surface area contributed by atoms with Crippen molar-refractivity contribution in [2.75, 3.05) is 12.4 Å². The monoisotopic (exact) mass is 361 g/mol. The van der Waals surface area contributed by atoms with Crippen LogP contribution in [0.5, 0.6) is 0 Å². The number of methoxy groups -OCH3 is 1. The molecular formula is C19H17F2NO4. The van der Waals surface area contributed by atoms with Crippen LogP contribution in [0.2, 0.25) is 0 Å². The van der Waals surface area contributed by atoms with E-state index >= 15 is 0 Å². The lowest BCUT2D eigenvalue weighted by atomic mass is 10.1. The number of benzene rings is 2. The normalized spacial score (nSPS) is 18.4. The minimum absolute atomic E-state index is 0.0263. The predicted octanol–water partition coefficient (Wildman–Crippen LogP) is 3.55. The van der Waals surface area contributed by atoms with E-state index < -0.39 is 23.5 Å². The number of hydrogen-bond donors (Lipinski definition) is 2. The van der Waals surface area contributed by atoms with Crippen LogP contribution in [0, 0.1) is 17.6 Å². The molecule has 2 atom stereocenters. The molecule has 0 saturated heterocycles. The van der Waals surface area contributed by atoms with Crippen LogP contribution in [-0.4, -0.2) is 24.1 Å². The van der Waals surface area contributed by atoms with Crippen LogP contribution < -0.4 is 5.32 Å². The van der Waals surface area contributed by atoms with Crippen molar-refractivity contribution >= 4 is 17.6 Å². The van der Waals surface area contributed by atoms with Gasteiger partial charge in [0.1, 0.15) is 11.6 Å². The smallest absolute Gasteiger partial charge is 0.335 e. The molecule has 1 fully saturated rings. The molecule has 1 aliphatic rings. The zero-order valence-corrected chi connectivity index (χ0v) is 14.0. The second-order valence-corrected chi connectivity index (χ2v) is 6.26. The molecule has 2 aromatic carbocycles. The third-order valence-corrected chi connectivity index (χ3v) is 4.30. The number of hydrogen-bond acceptors (Lipinski definition) is 3. The van der Waals surface area contributed by atoms with Gasteiger partial charge in [-0.3, -0.25) is 4.79 Å². The Morgan fingerprint density at radius 2 is 2.00 bits per heavy atom. The fourth-order valence-electron chi connectivity index (χ4n) is 3.00. The minimum atomic E-state index is -1.12. The third kappa shape index (κ3) is 3.88. The number of aromatic carboxylic acids is 1. The van der Waals surface area contributed by atoms with Crippen molar-refractivity contribution < 1.29 is 28.2 Å². The molecule has 0 radical (unpaired) electrons. The number of carboxylic acids is 1. The molecule has 5 nitrogen and oxygen atoms in total. The van der Waals surface area contributed by atoms with Gasteiger partial charge in [0.2, 0.25) is 5.91 Å². The van der Waals surface area contributed by atoms with Gasteiger partial charge in [0, 0.05) is 18.7 Å². The summed E-state index contributed by atoms with van der Waals surface area (Å²) >= 11 is 0. The van der Waals surface area contributed by atoms with Crippen LogP contribution in [0.3, 0.4) is 0 Å². The zero-order chi connectivity index (χ0) is 18.8. The fraction of sp³-hybridized carbons (Fsp3) is 0.263. The highest BCUT2D eigenvalue weighted by molar-refractivity contribution is 5.97. The van der Waals surface area contributed by atoms with Gasteiger partial charge in [-0.15, -0.1) is 0 Å². The molecule has 1 aliphatic carbocycles. The maximum atomic E-state index is 13.8. The maximum Gasteiger partial charge on any atom is 0.335 e. The van der Waals surface area contributed by atoms with Gasteiger partial charge in [-0.2, -0.15) is 0 Å². The first-order valence-electron chi connectivity index (χ1n) is 8.01. The van der Waals surface area contributed by atoms with E-state index in [1.165, 1.54) is 19.2 Å². The topological polar surface area (TPSA) is 75.6 Å². The average Bonchev–Trinajstić information content (AvgIpc) is 3.37. The Kier molecular flexibility index (Phi) is 4.99. The quantitative estimate of drug-likeness (QED) is 0.825. The number of ether oxygens (including phenoxy) is 1. The molecule has 0 bridgehead atoms. The van der Waals surface area contributed by atoms with Crippen molar-refractivity contribution in [3.63, 3.8) is 0 Å². The number of halogens is 2. The first-order valence-corrected chi connectivity index (χ1v) is 8.01. The Morgan fingerprint density at radius 3 is 2.69 bits per heavy atom. The highest BCUT2D eigenvalue weighted by atomic mass is 19.1. The lowest BCUT2D eigenvalue weighted by Gasteiger charge is -2.09. The lowest BCUT2D eigenvalue weighted by Crippen LogP contribution is -2.15. The molecule has 7 heteroatoms. The summed E-state index contributed by atoms with van der Waals surface area (Å²) < 4.78 is 32.1. The van der Waals surface area contributed by atoms with Crippen molar-refractivity contribution in [3.8, 4) is 0 Å². The van der Waals surface area contributed by atoms with Crippen LogP contribution >= 0.6 is 0 Å². The maximum absolute atomic E-state index is 13.8. The van der Waals surface area contributed by atoms with Gasteiger partial charge in [0.05, 0.1) is 12.2 Å². The summed E-state index contributed by atoms with van der Waals surface area (Å²) in [7, 11) is 1.48. The van der Waals surface area contributed by atoms with Crippen molar-refractivity contribution in [1.29, 1.82) is 0 Å². The number of rotatable bonds is 6. The van der Waals surface area contributed by atoms with E-state index in [0.717, 1.165) is 18.2 Å². The number of amides is 1. The van der Waals surface area contributed by atoms with Crippen LogP contribution in [-0.2, 0) is 16.1 Å². The summed E-state index contributed by atoms with van der Waals surface area (Å²) in [5.41, 5.74) is 1.14. The average molecular weight is 361 g/mol. The lowest BCUT2D eigenvalue weighted by molar-refractivity contribution is -0.117. The molecule has 0 aliphatic heterocycles. The second-order valence-electron chi connectivity index (χ2n) is 6.26. The summed E-state index contributed by atoms with van der Waals surface area (Å²) in [5.74, 6) is -3.43. The zero-order valence-electron chi connectivity index (χ0n) is 14.0. The molecule has 26 heavy (non-hydrogen) atoms. The molecule has 0 spiro atoms. The number of carbonyl (C=O) groups is 2. The van der Waals surface area contributed by atoms with E-state index in [1.807, 2.05) is 0 Å². The summed E-state index contributed by atoms with van der Waals surface area (Å²) in [5, 5.41) is 11.8. The van der Waals surface area contributed by atoms with Crippen LogP contribution in [0.4, 0.5) is 14.5 Å². The third-order valence-electron chi connectivity index (χ3n) is 4.30. The Morgan fingerprint density at radius 1 is 1.23 bits per heavy atom. The Labute approximate surface area is 148 Å². The second kappa shape index (κ2) is 7.21. The standard InChI is InChI=1S/C19H17F2NO4/c1-26-9-10-4-11(19(24)25)6-13(5-10)22-18(23)16-8-14(16)15-7-12(20)2-3-17(15)21/h2-7,14,16H,8-9H2,1H3,(H,22,23)(H,24,25). The molecular weight excluding hydrogens is 344 g/mol. The van der Waals surface area contributed by atoms with E-state index in [2.05, 4.69) is 5.32 Å². The molecule has 1 amide bonds. The van der Waals surface area contributed by atoms with Crippen molar-refractivity contribution in [2.24, 2.45) is 5.92 Å². The molecule has 1 saturated carbocycles. The highest BCUT2D eigenvalue weighted by Crippen LogP contribution is 2.49. The number of nitrogens with one attached hydrogen (secondary N) is 1. The van der Waals surface area contributed by atoms with Crippen molar-refractivity contribution in [2.45, 2.75) is 18.9 Å². The first kappa shape index (κ1) is 18.0. The Balaban J connectivity index is 1.75. The van der Waals surface area contributed by atoms with Crippen LogP contribution in [0.1, 0.15) is 33.8 Å². The van der Waals surface area contributed by atoms with E-state index in [0.29, 0.717) is 17.7 Å². The first-order chi connectivity index (χ1) is 12.4. The number of carboxylic acid groups (broad SMARTS) is 1. The van der Waals surface area contributed by atoms with Crippen LogP contribution in [0.25, 0.3) is 0 Å². The molecule has 136 valence electrons. The summed E-state index contributed by atoms with van der Waals surface area (Å²) in [6, 6.07) is 7.61. The fourth-order valence-corrected chi connectivity index (χ4v) is 3.00. The van der Waals surface area contributed by atoms with Gasteiger partial charge in [0.15, 0.2) is 0 Å². The Hall–Kier alpha value is -2.80. The van der Waals surface area contributed by atoms with Crippen molar-refractivity contribution in [3.05, 3.63) is 64.7 Å². The van der Waals surface area contributed by atoms with E-state index in [4.69, 9.17) is 4.74 Å². The SMILES string of the molecule is COCc1cc(NC(=O)C2CC2c2cc(F)ccc2F)cc(C(=O)O)c1. The van der Waals surface area contributed by atoms with Gasteiger partial charge in [-0.25, -0.2) is 13.6 Å². The molecule has 3 rings (SSSR count). The number of carbonyl (C=O) groups excluding carboxylic acids is 1. The van der Waals surface area contributed by atoms with E-state index in [1.54, 1.807) is 6.07 Å². The van der Waals surface area contributed by atoms with E-state index in [-0.39, 0.29) is 29.6 Å². The molecule has 2 unspecified atom stereocenters. The van der Waals surface area contributed by atoms with Gasteiger partial charge >= 0.3 is 5.97 Å². The number of anilines is 1. The molecule has 2 aromatic rings. The summed E-state index contributed by atoms with van der Waals surface area (Å²) in [6.45, 7) is 0.199. The van der Waals surface area contributed by atoms with Crippen molar-refractivity contribution in [1.82, 2.24) is 0 Å². The highest BCUT2D eigenvalue weighted by Gasteiger charge is 2.45. The molecule has 0 aromatic heterocycles. The molecule has 0 heterocycles. The predicted molar refractivity (Wildman–Crippen MR) is 90.0 cm³/mol. The molecule has 2 N–H and O–H groups in total. The largest absolute Gasteiger partial charge is 0.478 e. The van der Waals surface area contributed by atoms with Gasteiger partial charge in [-0.05, 0) is 59.9 Å². The summed E-state index contributed by atoms with van der Waals surface area (Å²) in [6.07, 6.45) is 0.412. The van der Waals surface area contributed by atoms with Gasteiger partial charge in [0.25, 0.3) is 0 Å². The van der Waals surface area contributed by atoms with Gasteiger partial charge in [-0.1, -0.05) is 0 Å². The summed E-state index contributed by atoms with van der Waals surface area (Å²) in [4.78, 5) is 23.6. The van der Waals surface area contributed by atoms with Crippen LogP contribution in [0.15, 0.2) is 36.4 Å².